The highest BCUT2D eigenvalue weighted by molar-refractivity contribution is 5.96. The van der Waals surface area contributed by atoms with Crippen molar-refractivity contribution < 1.29 is 43.3 Å². The van der Waals surface area contributed by atoms with Crippen molar-refractivity contribution in [1.29, 1.82) is 0 Å². The Bertz CT molecular complexity index is 1150. The topological polar surface area (TPSA) is 138 Å². The number of hydrogen-bond donors (Lipinski definition) is 1. The maximum atomic E-state index is 13.4. The first-order valence-electron chi connectivity index (χ1n) is 14.1. The first-order valence-corrected chi connectivity index (χ1v) is 14.1. The summed E-state index contributed by atoms with van der Waals surface area (Å²) < 4.78 is 16.6. The van der Waals surface area contributed by atoms with Gasteiger partial charge < -0.3 is 24.2 Å². The van der Waals surface area contributed by atoms with E-state index < -0.39 is 29.9 Å². The quantitative estimate of drug-likeness (QED) is 0.348. The average Bonchev–Trinajstić information content (AvgIpc) is 3.57. The number of carbonyl (C=O) groups is 4. The Morgan fingerprint density at radius 3 is 2.63 bits per heavy atom. The fourth-order valence-corrected chi connectivity index (χ4v) is 5.76. The van der Waals surface area contributed by atoms with E-state index in [0.717, 1.165) is 6.42 Å². The molecule has 4 amide bonds. The predicted octanol–water partition coefficient (Wildman–Crippen LogP) is 2.15. The fourth-order valence-electron chi connectivity index (χ4n) is 5.76. The average molecular weight is 577 g/mol. The van der Waals surface area contributed by atoms with Crippen molar-refractivity contribution in [3.8, 4) is 17.2 Å². The number of urea groups is 1. The third-order valence-electron chi connectivity index (χ3n) is 7.80. The summed E-state index contributed by atoms with van der Waals surface area (Å²) in [5.41, 5.74) is 0.677. The summed E-state index contributed by atoms with van der Waals surface area (Å²) in [4.78, 5) is 61.7. The Labute approximate surface area is 239 Å². The lowest BCUT2D eigenvalue weighted by molar-refractivity contribution is -0.188. The van der Waals surface area contributed by atoms with Crippen molar-refractivity contribution in [3.63, 3.8) is 0 Å². The number of amides is 4. The van der Waals surface area contributed by atoms with E-state index in [1.54, 1.807) is 19.2 Å². The maximum absolute atomic E-state index is 13.4. The summed E-state index contributed by atoms with van der Waals surface area (Å²) in [5.74, 6) is -1.71. The first kappa shape index (κ1) is 30.4. The van der Waals surface area contributed by atoms with Crippen LogP contribution in [0.15, 0.2) is 12.1 Å². The number of carboxylic acids is 1. The molecule has 3 aliphatic heterocycles. The van der Waals surface area contributed by atoms with Crippen molar-refractivity contribution in [1.82, 2.24) is 19.8 Å². The van der Waals surface area contributed by atoms with Gasteiger partial charge in [0.1, 0.15) is 0 Å². The highest BCUT2D eigenvalue weighted by Crippen LogP contribution is 2.47. The summed E-state index contributed by atoms with van der Waals surface area (Å²) >= 11 is 0. The van der Waals surface area contributed by atoms with Crippen molar-refractivity contribution >= 4 is 23.8 Å². The second-order valence-corrected chi connectivity index (χ2v) is 10.5. The van der Waals surface area contributed by atoms with Crippen LogP contribution in [0.25, 0.3) is 0 Å². The Morgan fingerprint density at radius 2 is 1.95 bits per heavy atom. The van der Waals surface area contributed by atoms with Gasteiger partial charge in [-0.25, -0.2) is 9.86 Å². The molecule has 0 saturated carbocycles. The Hall–Kier alpha value is -3.58. The Balaban J connectivity index is 1.65. The van der Waals surface area contributed by atoms with Crippen LogP contribution in [-0.4, -0.2) is 115 Å². The van der Waals surface area contributed by atoms with Crippen LogP contribution in [0, 0.1) is 5.92 Å². The second-order valence-electron chi connectivity index (χ2n) is 10.5. The lowest BCUT2D eigenvalue weighted by Crippen LogP contribution is -2.52. The fraction of sp³-hybridized carbons (Fsp3) is 0.643. The molecule has 0 spiro atoms. The summed E-state index contributed by atoms with van der Waals surface area (Å²) in [5, 5.41) is 11.8. The minimum atomic E-state index is -1.03. The lowest BCUT2D eigenvalue weighted by atomic mass is 9.84. The van der Waals surface area contributed by atoms with Crippen LogP contribution in [0.1, 0.15) is 51.0 Å². The normalized spacial score (nSPS) is 22.4. The number of carbonyl (C=O) groups excluding carboxylic acids is 3. The van der Waals surface area contributed by atoms with E-state index in [9.17, 15) is 24.3 Å². The molecule has 3 aliphatic rings. The zero-order valence-electron chi connectivity index (χ0n) is 24.2. The molecule has 0 aromatic heterocycles. The number of aliphatic carboxylic acids is 1. The smallest absolute Gasteiger partial charge is 0.326 e. The zero-order chi connectivity index (χ0) is 29.7. The maximum Gasteiger partial charge on any atom is 0.326 e. The van der Waals surface area contributed by atoms with Gasteiger partial charge in [-0.05, 0) is 37.0 Å². The van der Waals surface area contributed by atoms with Crippen LogP contribution in [0.4, 0.5) is 4.79 Å². The van der Waals surface area contributed by atoms with Gasteiger partial charge in [0.25, 0.3) is 5.91 Å². The first-order chi connectivity index (χ1) is 19.7. The van der Waals surface area contributed by atoms with Crippen LogP contribution < -0.4 is 14.2 Å². The van der Waals surface area contributed by atoms with Gasteiger partial charge in [0, 0.05) is 51.6 Å². The van der Waals surface area contributed by atoms with E-state index in [1.807, 2.05) is 18.7 Å². The minimum Gasteiger partial charge on any atom is -0.493 e. The molecule has 4 rings (SSSR count). The molecule has 2 saturated heterocycles. The number of carboxylic acid groups (broad SMARTS) is 1. The molecule has 226 valence electrons. The third kappa shape index (κ3) is 6.51. The van der Waals surface area contributed by atoms with Gasteiger partial charge in [-0.2, -0.15) is 0 Å². The van der Waals surface area contributed by atoms with Gasteiger partial charge in [-0.1, -0.05) is 13.8 Å². The highest BCUT2D eigenvalue weighted by Gasteiger charge is 2.48. The SMILES string of the molecule is CCCON(CCC)C(=O)CN1C[C@H](c2cc(OC)c3c(c2)OCO3)[C@@H](C(=O)O)[C@@H]1CCN1C(=O)CCN(C)C1=O. The summed E-state index contributed by atoms with van der Waals surface area (Å²) in [6.45, 7) is 5.30. The van der Waals surface area contributed by atoms with Gasteiger partial charge in [0.2, 0.25) is 18.4 Å². The summed E-state index contributed by atoms with van der Waals surface area (Å²) in [6, 6.07) is 2.46. The van der Waals surface area contributed by atoms with Gasteiger partial charge in [0.05, 0.1) is 26.2 Å². The molecule has 0 radical (unpaired) electrons. The van der Waals surface area contributed by atoms with E-state index >= 15 is 0 Å². The van der Waals surface area contributed by atoms with Gasteiger partial charge in [0.15, 0.2) is 11.5 Å². The molecule has 1 aromatic rings. The number of ether oxygens (including phenoxy) is 3. The Morgan fingerprint density at radius 1 is 1.17 bits per heavy atom. The van der Waals surface area contributed by atoms with Crippen LogP contribution in [0.5, 0.6) is 17.2 Å². The van der Waals surface area contributed by atoms with Crippen molar-refractivity contribution in [2.45, 2.75) is 51.5 Å². The van der Waals surface area contributed by atoms with E-state index in [0.29, 0.717) is 48.9 Å². The molecule has 1 N–H and O–H groups in total. The summed E-state index contributed by atoms with van der Waals surface area (Å²) in [7, 11) is 3.13. The number of rotatable bonds is 13. The van der Waals surface area contributed by atoms with Crippen LogP contribution in [0.2, 0.25) is 0 Å². The molecular weight excluding hydrogens is 536 g/mol. The number of methoxy groups -OCH3 is 1. The van der Waals surface area contributed by atoms with Gasteiger partial charge >= 0.3 is 12.0 Å². The number of likely N-dealkylation sites (tertiary alicyclic amines) is 1. The monoisotopic (exact) mass is 576 g/mol. The number of imide groups is 1. The van der Waals surface area contributed by atoms with Crippen molar-refractivity contribution in [2.24, 2.45) is 5.92 Å². The van der Waals surface area contributed by atoms with Gasteiger partial charge in [-0.3, -0.25) is 29.0 Å². The lowest BCUT2D eigenvalue weighted by Gasteiger charge is -2.34. The number of hydroxylamine groups is 2. The molecule has 3 heterocycles. The number of benzene rings is 1. The molecule has 41 heavy (non-hydrogen) atoms. The number of hydrogen-bond acceptors (Lipinski definition) is 9. The molecule has 1 aromatic carbocycles. The predicted molar refractivity (Wildman–Crippen MR) is 146 cm³/mol. The Kier molecular flexibility index (Phi) is 9.92. The molecule has 0 unspecified atom stereocenters. The molecule has 3 atom stereocenters. The largest absolute Gasteiger partial charge is 0.493 e. The third-order valence-corrected chi connectivity index (χ3v) is 7.80. The van der Waals surface area contributed by atoms with Crippen LogP contribution >= 0.6 is 0 Å². The summed E-state index contributed by atoms with van der Waals surface area (Å²) in [6.07, 6.45) is 1.83. The van der Waals surface area contributed by atoms with Gasteiger partial charge in [-0.15, -0.1) is 0 Å². The zero-order valence-corrected chi connectivity index (χ0v) is 24.2. The van der Waals surface area contributed by atoms with E-state index in [4.69, 9.17) is 19.0 Å². The second kappa shape index (κ2) is 13.4. The van der Waals surface area contributed by atoms with E-state index in [2.05, 4.69) is 0 Å². The minimum absolute atomic E-state index is 0.0305. The highest BCUT2D eigenvalue weighted by atomic mass is 16.7. The van der Waals surface area contributed by atoms with Crippen molar-refractivity contribution in [3.05, 3.63) is 17.7 Å². The molecular formula is C28H40N4O9. The van der Waals surface area contributed by atoms with Crippen LogP contribution in [-0.2, 0) is 19.2 Å². The van der Waals surface area contributed by atoms with Crippen LogP contribution in [0.3, 0.4) is 0 Å². The van der Waals surface area contributed by atoms with E-state index in [-0.39, 0.29) is 51.1 Å². The molecule has 2 fully saturated rings. The molecule has 13 heteroatoms. The molecule has 0 bridgehead atoms. The molecule has 0 aliphatic carbocycles. The number of fused-ring (bicyclic) bond motifs is 1. The van der Waals surface area contributed by atoms with Crippen molar-refractivity contribution in [2.75, 3.05) is 60.3 Å². The molecule has 13 nitrogen and oxygen atoms in total. The number of nitrogens with zero attached hydrogens (tertiary/aromatic N) is 4. The van der Waals surface area contributed by atoms with E-state index in [1.165, 1.54) is 22.0 Å². The standard InChI is InChI=1S/C28H40N4O9/c1-5-9-32(41-12-6-2)24(34)16-30-15-19(18-13-21(38-4)26-22(14-18)39-17-40-26)25(27(35)36)20(30)7-11-31-23(33)8-10-29(3)28(31)37/h13-14,19-20,25H,5-12,15-17H2,1-4H3,(H,35,36)/t19-,20+,25-/m1/s1.